The summed E-state index contributed by atoms with van der Waals surface area (Å²) >= 11 is 8.81. The van der Waals surface area contributed by atoms with E-state index in [4.69, 9.17) is 16.3 Å². The molecule has 0 saturated heterocycles. The van der Waals surface area contributed by atoms with Gasteiger partial charge in [0.15, 0.2) is 0 Å². The van der Waals surface area contributed by atoms with Gasteiger partial charge in [-0.15, -0.1) is 11.6 Å². The Morgan fingerprint density at radius 1 is 1.39 bits per heavy atom. The van der Waals surface area contributed by atoms with Gasteiger partial charge >= 0.3 is 6.03 Å². The smallest absolute Gasteiger partial charge is 0.325 e. The molecule has 1 aromatic carbocycles. The number of amides is 3. The molecular weight excluding hydrogens is 323 g/mol. The van der Waals surface area contributed by atoms with Crippen LogP contribution < -0.4 is 15.4 Å². The van der Waals surface area contributed by atoms with Crippen molar-refractivity contribution in [1.29, 1.82) is 0 Å². The van der Waals surface area contributed by atoms with Gasteiger partial charge in [-0.3, -0.25) is 10.1 Å². The molecule has 7 heteroatoms. The van der Waals surface area contributed by atoms with E-state index >= 15 is 0 Å². The third-order valence-electron chi connectivity index (χ3n) is 1.96. The van der Waals surface area contributed by atoms with Gasteiger partial charge in [0.25, 0.3) is 0 Å². The average Bonchev–Trinajstić information content (AvgIpc) is 2.27. The van der Waals surface area contributed by atoms with E-state index in [2.05, 4.69) is 26.6 Å². The number of halogens is 2. The molecule has 0 aliphatic rings. The summed E-state index contributed by atoms with van der Waals surface area (Å²) in [5.41, 5.74) is 0.494. The topological polar surface area (TPSA) is 67.4 Å². The van der Waals surface area contributed by atoms with Crippen molar-refractivity contribution in [2.75, 3.05) is 12.4 Å². The van der Waals surface area contributed by atoms with E-state index in [1.165, 1.54) is 14.0 Å². The first-order valence-electron chi connectivity index (χ1n) is 5.03. The van der Waals surface area contributed by atoms with E-state index in [0.29, 0.717) is 11.4 Å². The quantitative estimate of drug-likeness (QED) is 0.835. The number of methoxy groups -OCH3 is 1. The van der Waals surface area contributed by atoms with E-state index in [-0.39, 0.29) is 0 Å². The highest BCUT2D eigenvalue weighted by atomic mass is 79.9. The SMILES string of the molecule is COc1cc(Br)cc(NC(=O)NC(=O)C(C)Cl)c1. The van der Waals surface area contributed by atoms with Crippen LogP contribution >= 0.6 is 27.5 Å². The number of rotatable bonds is 3. The van der Waals surface area contributed by atoms with Crippen molar-refractivity contribution < 1.29 is 14.3 Å². The maximum absolute atomic E-state index is 11.5. The first kappa shape index (κ1) is 14.8. The highest BCUT2D eigenvalue weighted by Gasteiger charge is 2.13. The summed E-state index contributed by atoms with van der Waals surface area (Å²) in [6.45, 7) is 1.48. The molecule has 0 heterocycles. The summed E-state index contributed by atoms with van der Waals surface area (Å²) in [5.74, 6) is 0.0211. The number of nitrogens with one attached hydrogen (secondary N) is 2. The van der Waals surface area contributed by atoms with Gasteiger partial charge < -0.3 is 10.1 Å². The maximum atomic E-state index is 11.5. The second-order valence-corrected chi connectivity index (χ2v) is 5.01. The van der Waals surface area contributed by atoms with Crippen molar-refractivity contribution in [3.05, 3.63) is 22.7 Å². The van der Waals surface area contributed by atoms with E-state index in [1.54, 1.807) is 18.2 Å². The number of anilines is 1. The lowest BCUT2D eigenvalue weighted by Crippen LogP contribution is -2.38. The van der Waals surface area contributed by atoms with E-state index in [9.17, 15) is 9.59 Å². The van der Waals surface area contributed by atoms with Crippen LogP contribution in [0.5, 0.6) is 5.75 Å². The fraction of sp³-hybridized carbons (Fsp3) is 0.273. The van der Waals surface area contributed by atoms with Crippen molar-refractivity contribution in [2.24, 2.45) is 0 Å². The molecule has 1 aromatic rings. The van der Waals surface area contributed by atoms with E-state index < -0.39 is 17.3 Å². The molecule has 3 amide bonds. The number of hydrogen-bond donors (Lipinski definition) is 2. The highest BCUT2D eigenvalue weighted by molar-refractivity contribution is 9.10. The minimum absolute atomic E-state index is 0.494. The predicted molar refractivity (Wildman–Crippen MR) is 73.2 cm³/mol. The van der Waals surface area contributed by atoms with Crippen molar-refractivity contribution >= 4 is 45.2 Å². The molecular formula is C11H12BrClN2O3. The molecule has 0 spiro atoms. The van der Waals surface area contributed by atoms with Crippen LogP contribution in [0.15, 0.2) is 22.7 Å². The molecule has 0 fully saturated rings. The highest BCUT2D eigenvalue weighted by Crippen LogP contribution is 2.24. The molecule has 0 aromatic heterocycles. The Kier molecular flexibility index (Phi) is 5.43. The van der Waals surface area contributed by atoms with Crippen LogP contribution in [0.1, 0.15) is 6.92 Å². The van der Waals surface area contributed by atoms with Crippen LogP contribution in [0.3, 0.4) is 0 Å². The Morgan fingerprint density at radius 3 is 2.61 bits per heavy atom. The Hall–Kier alpha value is -1.27. The molecule has 0 aliphatic heterocycles. The summed E-state index contributed by atoms with van der Waals surface area (Å²) in [6, 6.07) is 4.40. The summed E-state index contributed by atoms with van der Waals surface area (Å²) in [4.78, 5) is 22.7. The second-order valence-electron chi connectivity index (χ2n) is 3.44. The lowest BCUT2D eigenvalue weighted by atomic mass is 10.3. The first-order valence-corrected chi connectivity index (χ1v) is 6.26. The van der Waals surface area contributed by atoms with Crippen LogP contribution in [-0.2, 0) is 4.79 Å². The fourth-order valence-corrected chi connectivity index (χ4v) is 1.65. The molecule has 18 heavy (non-hydrogen) atoms. The monoisotopic (exact) mass is 334 g/mol. The Bertz CT molecular complexity index is 466. The van der Waals surface area contributed by atoms with Gasteiger partial charge in [0, 0.05) is 16.2 Å². The molecule has 1 unspecified atom stereocenters. The molecule has 1 atom stereocenters. The number of hydrogen-bond acceptors (Lipinski definition) is 3. The minimum Gasteiger partial charge on any atom is -0.497 e. The Morgan fingerprint density at radius 2 is 2.06 bits per heavy atom. The summed E-state index contributed by atoms with van der Waals surface area (Å²) in [5, 5.41) is 3.84. The van der Waals surface area contributed by atoms with Crippen molar-refractivity contribution in [2.45, 2.75) is 12.3 Å². The van der Waals surface area contributed by atoms with Gasteiger partial charge in [0.2, 0.25) is 5.91 Å². The third-order valence-corrected chi connectivity index (χ3v) is 2.62. The third kappa shape index (κ3) is 4.54. The number of carbonyl (C=O) groups excluding carboxylic acids is 2. The predicted octanol–water partition coefficient (Wildman–Crippen LogP) is 2.73. The van der Waals surface area contributed by atoms with Crippen molar-refractivity contribution in [1.82, 2.24) is 5.32 Å². The van der Waals surface area contributed by atoms with Crippen LogP contribution in [0.4, 0.5) is 10.5 Å². The van der Waals surface area contributed by atoms with Crippen molar-refractivity contribution in [3.8, 4) is 5.75 Å². The minimum atomic E-state index is -0.771. The molecule has 0 saturated carbocycles. The van der Waals surface area contributed by atoms with Gasteiger partial charge in [-0.05, 0) is 19.1 Å². The Balaban J connectivity index is 2.70. The number of alkyl halides is 1. The largest absolute Gasteiger partial charge is 0.497 e. The second kappa shape index (κ2) is 6.61. The molecule has 0 radical (unpaired) electrons. The molecule has 1 rings (SSSR count). The lowest BCUT2D eigenvalue weighted by Gasteiger charge is -2.09. The number of benzene rings is 1. The molecule has 5 nitrogen and oxygen atoms in total. The van der Waals surface area contributed by atoms with E-state index in [1.807, 2.05) is 0 Å². The fourth-order valence-electron chi connectivity index (χ4n) is 1.13. The van der Waals surface area contributed by atoms with Gasteiger partial charge in [-0.25, -0.2) is 4.79 Å². The summed E-state index contributed by atoms with van der Waals surface area (Å²) in [6.07, 6.45) is 0. The number of urea groups is 1. The molecule has 0 aliphatic carbocycles. The van der Waals surface area contributed by atoms with Crippen LogP contribution in [0.2, 0.25) is 0 Å². The van der Waals surface area contributed by atoms with Crippen molar-refractivity contribution in [3.63, 3.8) is 0 Å². The number of ether oxygens (including phenoxy) is 1. The van der Waals surface area contributed by atoms with E-state index in [0.717, 1.165) is 4.47 Å². The standard InChI is InChI=1S/C11H12BrClN2O3/c1-6(13)10(16)15-11(17)14-8-3-7(12)4-9(5-8)18-2/h3-6H,1-2H3,(H2,14,15,16,17). The summed E-state index contributed by atoms with van der Waals surface area (Å²) < 4.78 is 5.79. The van der Waals surface area contributed by atoms with Gasteiger partial charge in [0.05, 0.1) is 7.11 Å². The van der Waals surface area contributed by atoms with Gasteiger partial charge in [-0.1, -0.05) is 15.9 Å². The number of imide groups is 1. The Labute approximate surface area is 118 Å². The zero-order chi connectivity index (χ0) is 13.7. The normalized spacial score (nSPS) is 11.6. The maximum Gasteiger partial charge on any atom is 0.325 e. The number of carbonyl (C=O) groups is 2. The molecule has 2 N–H and O–H groups in total. The van der Waals surface area contributed by atoms with Gasteiger partial charge in [-0.2, -0.15) is 0 Å². The van der Waals surface area contributed by atoms with Crippen LogP contribution in [0.25, 0.3) is 0 Å². The molecule has 98 valence electrons. The molecule has 0 bridgehead atoms. The lowest BCUT2D eigenvalue weighted by molar-refractivity contribution is -0.119. The van der Waals surface area contributed by atoms with Crippen LogP contribution in [-0.4, -0.2) is 24.4 Å². The summed E-state index contributed by atoms with van der Waals surface area (Å²) in [7, 11) is 1.52. The zero-order valence-corrected chi connectivity index (χ0v) is 12.1. The first-order chi connectivity index (χ1) is 8.42. The van der Waals surface area contributed by atoms with Gasteiger partial charge in [0.1, 0.15) is 11.1 Å². The average molecular weight is 336 g/mol. The van der Waals surface area contributed by atoms with Crippen LogP contribution in [0, 0.1) is 0 Å². The zero-order valence-electron chi connectivity index (χ0n) is 9.79.